The Kier molecular flexibility index (Phi) is 6.66. The number of amides is 2. The smallest absolute Gasteiger partial charge is 0.239 e. The fourth-order valence-corrected chi connectivity index (χ4v) is 2.45. The number of hydrogen-bond donors (Lipinski definition) is 2. The Bertz CT molecular complexity index is 885. The maximum Gasteiger partial charge on any atom is 0.239 e. The summed E-state index contributed by atoms with van der Waals surface area (Å²) >= 11 is 0. The van der Waals surface area contributed by atoms with Crippen molar-refractivity contribution in [3.8, 4) is 5.75 Å². The highest BCUT2D eigenvalue weighted by Gasteiger charge is 2.36. The van der Waals surface area contributed by atoms with E-state index in [2.05, 4.69) is 10.6 Å². The van der Waals surface area contributed by atoms with E-state index in [9.17, 15) is 22.8 Å². The Morgan fingerprint density at radius 3 is 2.36 bits per heavy atom. The first-order valence-electron chi connectivity index (χ1n) is 8.53. The van der Waals surface area contributed by atoms with Gasteiger partial charge in [0.05, 0.1) is 12.8 Å². The molecule has 2 amide bonds. The number of para-hydroxylation sites is 1. The van der Waals surface area contributed by atoms with Crippen molar-refractivity contribution in [2.75, 3.05) is 19.0 Å². The molecule has 2 aromatic carbocycles. The first-order chi connectivity index (χ1) is 13.2. The van der Waals surface area contributed by atoms with E-state index < -0.39 is 40.4 Å². The number of anilines is 1. The Labute approximate surface area is 160 Å². The molecule has 0 fully saturated rings. The topological polar surface area (TPSA) is 67.4 Å². The average Bonchev–Trinajstić information content (AvgIpc) is 2.68. The molecule has 0 saturated heterocycles. The van der Waals surface area contributed by atoms with Gasteiger partial charge in [-0.3, -0.25) is 9.59 Å². The first-order valence-corrected chi connectivity index (χ1v) is 8.53. The Balaban J connectivity index is 1.99. The van der Waals surface area contributed by atoms with Crippen LogP contribution in [0, 0.1) is 22.9 Å². The van der Waals surface area contributed by atoms with Gasteiger partial charge < -0.3 is 15.4 Å². The largest absolute Gasteiger partial charge is 0.496 e. The maximum atomic E-state index is 13.7. The van der Waals surface area contributed by atoms with Crippen LogP contribution in [0.15, 0.2) is 36.4 Å². The number of methoxy groups -OCH3 is 1. The van der Waals surface area contributed by atoms with Gasteiger partial charge in [0.1, 0.15) is 11.2 Å². The lowest BCUT2D eigenvalue weighted by atomic mass is 9.90. The van der Waals surface area contributed by atoms with Crippen LogP contribution in [0.5, 0.6) is 5.75 Å². The number of nitrogens with one attached hydrogen (secondary N) is 2. The van der Waals surface area contributed by atoms with E-state index in [4.69, 9.17) is 4.74 Å². The molecule has 0 unspecified atom stereocenters. The summed E-state index contributed by atoms with van der Waals surface area (Å²) in [6, 6.07) is 8.90. The van der Waals surface area contributed by atoms with Crippen molar-refractivity contribution in [3.05, 3.63) is 59.4 Å². The number of carbonyl (C=O) groups excluding carboxylic acids is 2. The zero-order valence-corrected chi connectivity index (χ0v) is 15.7. The molecule has 28 heavy (non-hydrogen) atoms. The van der Waals surface area contributed by atoms with E-state index in [-0.39, 0.29) is 6.54 Å². The van der Waals surface area contributed by atoms with Gasteiger partial charge in [-0.15, -0.1) is 0 Å². The van der Waals surface area contributed by atoms with Gasteiger partial charge in [0, 0.05) is 6.54 Å². The van der Waals surface area contributed by atoms with Crippen molar-refractivity contribution in [1.82, 2.24) is 5.32 Å². The molecule has 0 saturated carbocycles. The molecule has 0 aromatic heterocycles. The van der Waals surface area contributed by atoms with E-state index in [0.29, 0.717) is 18.2 Å². The second-order valence-corrected chi connectivity index (χ2v) is 6.62. The summed E-state index contributed by atoms with van der Waals surface area (Å²) in [6.07, 6.45) is 0.477. The molecule has 2 aromatic rings. The highest BCUT2D eigenvalue weighted by atomic mass is 19.2. The van der Waals surface area contributed by atoms with Gasteiger partial charge >= 0.3 is 0 Å². The molecule has 0 aliphatic rings. The van der Waals surface area contributed by atoms with Crippen LogP contribution >= 0.6 is 0 Å². The molecule has 0 radical (unpaired) electrons. The SMILES string of the molecule is COc1ccccc1CCNC(=O)C(C)(C)C(=O)Nc1ccc(F)c(F)c1F. The van der Waals surface area contributed by atoms with Crippen LogP contribution in [0.2, 0.25) is 0 Å². The lowest BCUT2D eigenvalue weighted by molar-refractivity contribution is -0.138. The molecular weight excluding hydrogens is 373 g/mol. The average molecular weight is 394 g/mol. The minimum Gasteiger partial charge on any atom is -0.496 e. The summed E-state index contributed by atoms with van der Waals surface area (Å²) in [5.74, 6) is -5.36. The highest BCUT2D eigenvalue weighted by molar-refractivity contribution is 6.09. The van der Waals surface area contributed by atoms with Crippen LogP contribution in [0.1, 0.15) is 19.4 Å². The Hall–Kier alpha value is -3.03. The van der Waals surface area contributed by atoms with Gasteiger partial charge in [-0.2, -0.15) is 0 Å². The number of rotatable bonds is 7. The van der Waals surface area contributed by atoms with E-state index in [0.717, 1.165) is 11.6 Å². The Morgan fingerprint density at radius 1 is 1.00 bits per heavy atom. The third kappa shape index (κ3) is 4.62. The van der Waals surface area contributed by atoms with E-state index in [1.54, 1.807) is 13.2 Å². The van der Waals surface area contributed by atoms with Gasteiger partial charge in [-0.1, -0.05) is 18.2 Å². The molecule has 0 spiro atoms. The predicted octanol–water partition coefficient (Wildman–Crippen LogP) is 3.44. The van der Waals surface area contributed by atoms with Crippen molar-refractivity contribution < 1.29 is 27.5 Å². The lowest BCUT2D eigenvalue weighted by Crippen LogP contribution is -2.45. The molecule has 0 aliphatic heterocycles. The number of carbonyl (C=O) groups is 2. The van der Waals surface area contributed by atoms with Gasteiger partial charge in [0.25, 0.3) is 0 Å². The third-order valence-corrected chi connectivity index (χ3v) is 4.29. The van der Waals surface area contributed by atoms with Crippen LogP contribution in [0.3, 0.4) is 0 Å². The number of ether oxygens (including phenoxy) is 1. The Morgan fingerprint density at radius 2 is 1.68 bits per heavy atom. The molecule has 8 heteroatoms. The van der Waals surface area contributed by atoms with Gasteiger partial charge in [0.2, 0.25) is 11.8 Å². The monoisotopic (exact) mass is 394 g/mol. The maximum absolute atomic E-state index is 13.7. The third-order valence-electron chi connectivity index (χ3n) is 4.29. The molecule has 2 rings (SSSR count). The summed E-state index contributed by atoms with van der Waals surface area (Å²) in [7, 11) is 1.54. The fraction of sp³-hybridized carbons (Fsp3) is 0.300. The number of hydrogen-bond acceptors (Lipinski definition) is 3. The molecule has 2 N–H and O–H groups in total. The lowest BCUT2D eigenvalue weighted by Gasteiger charge is -2.23. The standard InChI is InChI=1S/C20H21F3N2O3/c1-20(2,19(27)25-14-9-8-13(21)16(22)17(14)23)18(26)24-11-10-12-6-4-5-7-15(12)28-3/h4-9H,10-11H2,1-3H3,(H,24,26)(H,25,27). The molecule has 0 atom stereocenters. The van der Waals surface area contributed by atoms with Gasteiger partial charge in [-0.05, 0) is 44.0 Å². The van der Waals surface area contributed by atoms with Gasteiger partial charge in [-0.25, -0.2) is 13.2 Å². The summed E-state index contributed by atoms with van der Waals surface area (Å²) in [6.45, 7) is 2.94. The molecule has 0 heterocycles. The zero-order chi connectivity index (χ0) is 20.9. The second kappa shape index (κ2) is 8.77. The summed E-state index contributed by atoms with van der Waals surface area (Å²) in [5, 5.41) is 4.77. The van der Waals surface area contributed by atoms with Crippen molar-refractivity contribution in [1.29, 1.82) is 0 Å². The van der Waals surface area contributed by atoms with Crippen molar-refractivity contribution in [2.45, 2.75) is 20.3 Å². The van der Waals surface area contributed by atoms with Crippen LogP contribution in [-0.4, -0.2) is 25.5 Å². The zero-order valence-electron chi connectivity index (χ0n) is 15.7. The molecule has 0 aliphatic carbocycles. The number of halogens is 3. The van der Waals surface area contributed by atoms with Crippen LogP contribution in [0.4, 0.5) is 18.9 Å². The molecular formula is C20H21F3N2O3. The van der Waals surface area contributed by atoms with Crippen LogP contribution < -0.4 is 15.4 Å². The molecule has 0 bridgehead atoms. The van der Waals surface area contributed by atoms with Crippen LogP contribution in [-0.2, 0) is 16.0 Å². The summed E-state index contributed by atoms with van der Waals surface area (Å²) in [5.41, 5.74) is -1.23. The minimum absolute atomic E-state index is 0.245. The van der Waals surface area contributed by atoms with Crippen molar-refractivity contribution >= 4 is 17.5 Å². The predicted molar refractivity (Wildman–Crippen MR) is 98.4 cm³/mol. The van der Waals surface area contributed by atoms with Crippen molar-refractivity contribution in [2.24, 2.45) is 5.41 Å². The molecule has 5 nitrogen and oxygen atoms in total. The normalized spacial score (nSPS) is 11.1. The first kappa shape index (κ1) is 21.3. The van der Waals surface area contributed by atoms with E-state index in [1.807, 2.05) is 18.2 Å². The summed E-state index contributed by atoms with van der Waals surface area (Å²) < 4.78 is 45.3. The molecule has 150 valence electrons. The highest BCUT2D eigenvalue weighted by Crippen LogP contribution is 2.24. The summed E-state index contributed by atoms with van der Waals surface area (Å²) in [4.78, 5) is 24.8. The van der Waals surface area contributed by atoms with Crippen LogP contribution in [0.25, 0.3) is 0 Å². The van der Waals surface area contributed by atoms with Crippen molar-refractivity contribution in [3.63, 3.8) is 0 Å². The quantitative estimate of drug-likeness (QED) is 0.559. The fourth-order valence-electron chi connectivity index (χ4n) is 2.45. The minimum atomic E-state index is -1.70. The van der Waals surface area contributed by atoms with E-state index >= 15 is 0 Å². The van der Waals surface area contributed by atoms with Gasteiger partial charge in [0.15, 0.2) is 17.5 Å². The second-order valence-electron chi connectivity index (χ2n) is 6.62. The van der Waals surface area contributed by atoms with E-state index in [1.165, 1.54) is 13.8 Å². The number of benzene rings is 2.